The minimum absolute atomic E-state index is 0.0615. The van der Waals surface area contributed by atoms with Crippen LogP contribution in [-0.2, 0) is 0 Å². The van der Waals surface area contributed by atoms with Crippen LogP contribution in [0.4, 0.5) is 0 Å². The predicted octanol–water partition coefficient (Wildman–Crippen LogP) is 1.14. The second-order valence-electron chi connectivity index (χ2n) is 2.50. The Balaban J connectivity index is 2.81. The second kappa shape index (κ2) is 3.67. The molecule has 12 heavy (non-hydrogen) atoms. The molecule has 0 saturated carbocycles. The monoisotopic (exact) mass is 163 g/mol. The van der Waals surface area contributed by atoms with Crippen molar-refractivity contribution in [1.82, 2.24) is 9.97 Å². The van der Waals surface area contributed by atoms with Crippen LogP contribution in [0.5, 0.6) is 5.88 Å². The lowest BCUT2D eigenvalue weighted by molar-refractivity contribution is 0.232. The summed E-state index contributed by atoms with van der Waals surface area (Å²) in [5.74, 6) is 0.574. The Labute approximate surface area is 70.8 Å². The molecule has 1 aromatic rings. The maximum absolute atomic E-state index is 8.47. The van der Waals surface area contributed by atoms with Gasteiger partial charge in [-0.25, -0.2) is 4.98 Å². The van der Waals surface area contributed by atoms with E-state index in [0.717, 1.165) is 0 Å². The summed E-state index contributed by atoms with van der Waals surface area (Å²) >= 11 is 0. The van der Waals surface area contributed by atoms with Gasteiger partial charge in [0.05, 0.1) is 6.10 Å². The van der Waals surface area contributed by atoms with Crippen molar-refractivity contribution in [3.05, 3.63) is 18.1 Å². The first-order chi connectivity index (χ1) is 5.72. The largest absolute Gasteiger partial charge is 0.475 e. The Bertz CT molecular complexity index is 303. The van der Waals surface area contributed by atoms with Crippen LogP contribution in [0.1, 0.15) is 19.7 Å². The van der Waals surface area contributed by atoms with Crippen LogP contribution in [0.15, 0.2) is 12.3 Å². The highest BCUT2D eigenvalue weighted by molar-refractivity contribution is 5.16. The van der Waals surface area contributed by atoms with Crippen LogP contribution in [0.3, 0.4) is 0 Å². The smallest absolute Gasteiger partial charge is 0.235 e. The van der Waals surface area contributed by atoms with Crippen LogP contribution in [-0.4, -0.2) is 16.1 Å². The lowest BCUT2D eigenvalue weighted by atomic mass is 10.5. The van der Waals surface area contributed by atoms with E-state index in [4.69, 9.17) is 10.00 Å². The average molecular weight is 163 g/mol. The molecule has 0 spiro atoms. The molecule has 0 radical (unpaired) electrons. The molecular formula is C8H9N3O. The Kier molecular flexibility index (Phi) is 2.59. The maximum atomic E-state index is 8.47. The number of nitriles is 1. The molecule has 0 saturated heterocycles. The van der Waals surface area contributed by atoms with Gasteiger partial charge in [0.2, 0.25) is 11.7 Å². The van der Waals surface area contributed by atoms with Crippen molar-refractivity contribution >= 4 is 0 Å². The fraction of sp³-hybridized carbons (Fsp3) is 0.375. The van der Waals surface area contributed by atoms with Crippen LogP contribution in [0.25, 0.3) is 0 Å². The van der Waals surface area contributed by atoms with E-state index in [1.807, 2.05) is 19.9 Å². The van der Waals surface area contributed by atoms with Crippen LogP contribution < -0.4 is 4.74 Å². The first-order valence-electron chi connectivity index (χ1n) is 3.62. The molecule has 0 aliphatic heterocycles. The summed E-state index contributed by atoms with van der Waals surface area (Å²) in [5.41, 5.74) is 0. The van der Waals surface area contributed by atoms with Gasteiger partial charge in [-0.1, -0.05) is 0 Å². The molecule has 0 amide bonds. The van der Waals surface area contributed by atoms with Crippen LogP contribution in [0, 0.1) is 11.3 Å². The number of rotatable bonds is 2. The van der Waals surface area contributed by atoms with Gasteiger partial charge in [0.25, 0.3) is 0 Å². The standard InChI is InChI=1S/C8H9N3O/c1-6(2)12-8-3-4-10-7(5-9)11-8/h3-4,6H,1-2H3. The SMILES string of the molecule is CC(C)Oc1ccnc(C#N)n1. The zero-order valence-electron chi connectivity index (χ0n) is 6.98. The number of hydrogen-bond donors (Lipinski definition) is 0. The van der Waals surface area contributed by atoms with Gasteiger partial charge in [0, 0.05) is 12.3 Å². The van der Waals surface area contributed by atoms with Crippen LogP contribution >= 0.6 is 0 Å². The molecule has 1 rings (SSSR count). The van der Waals surface area contributed by atoms with Crippen molar-refractivity contribution in [3.8, 4) is 11.9 Å². The van der Waals surface area contributed by atoms with Gasteiger partial charge in [-0.15, -0.1) is 0 Å². The quantitative estimate of drug-likeness (QED) is 0.655. The van der Waals surface area contributed by atoms with E-state index in [2.05, 4.69) is 9.97 Å². The van der Waals surface area contributed by atoms with E-state index in [0.29, 0.717) is 5.88 Å². The summed E-state index contributed by atoms with van der Waals surface area (Å²) < 4.78 is 5.25. The Morgan fingerprint density at radius 2 is 2.33 bits per heavy atom. The van der Waals surface area contributed by atoms with Gasteiger partial charge in [0.15, 0.2) is 0 Å². The number of ether oxygens (including phenoxy) is 1. The molecule has 0 bridgehead atoms. The predicted molar refractivity (Wildman–Crippen MR) is 42.5 cm³/mol. The maximum Gasteiger partial charge on any atom is 0.235 e. The van der Waals surface area contributed by atoms with Gasteiger partial charge in [-0.05, 0) is 13.8 Å². The lowest BCUT2D eigenvalue weighted by Crippen LogP contribution is -2.07. The zero-order valence-corrected chi connectivity index (χ0v) is 6.98. The van der Waals surface area contributed by atoms with E-state index in [1.54, 1.807) is 6.07 Å². The minimum atomic E-state index is 0.0615. The summed E-state index contributed by atoms with van der Waals surface area (Å²) in [7, 11) is 0. The molecule has 0 unspecified atom stereocenters. The van der Waals surface area contributed by atoms with Gasteiger partial charge in [-0.2, -0.15) is 10.2 Å². The third kappa shape index (κ3) is 2.20. The van der Waals surface area contributed by atoms with Crippen molar-refractivity contribution in [3.63, 3.8) is 0 Å². The summed E-state index contributed by atoms with van der Waals surface area (Å²) in [6.45, 7) is 3.79. The Morgan fingerprint density at radius 1 is 1.58 bits per heavy atom. The minimum Gasteiger partial charge on any atom is -0.475 e. The molecule has 0 fully saturated rings. The van der Waals surface area contributed by atoms with Gasteiger partial charge < -0.3 is 4.74 Å². The topological polar surface area (TPSA) is 58.8 Å². The summed E-state index contributed by atoms with van der Waals surface area (Å²) in [5, 5.41) is 8.47. The van der Waals surface area contributed by atoms with Crippen molar-refractivity contribution in [2.75, 3.05) is 0 Å². The van der Waals surface area contributed by atoms with Crippen molar-refractivity contribution < 1.29 is 4.74 Å². The van der Waals surface area contributed by atoms with Crippen molar-refractivity contribution in [2.45, 2.75) is 20.0 Å². The first kappa shape index (κ1) is 8.47. The van der Waals surface area contributed by atoms with Gasteiger partial charge >= 0.3 is 0 Å². The fourth-order valence-corrected chi connectivity index (χ4v) is 0.703. The van der Waals surface area contributed by atoms with E-state index in [-0.39, 0.29) is 11.9 Å². The van der Waals surface area contributed by atoms with Crippen molar-refractivity contribution in [2.24, 2.45) is 0 Å². The molecular weight excluding hydrogens is 154 g/mol. The lowest BCUT2D eigenvalue weighted by Gasteiger charge is -2.06. The Morgan fingerprint density at radius 3 is 2.92 bits per heavy atom. The Hall–Kier alpha value is -1.63. The molecule has 4 nitrogen and oxygen atoms in total. The molecule has 62 valence electrons. The average Bonchev–Trinajstić information content (AvgIpc) is 2.03. The van der Waals surface area contributed by atoms with E-state index < -0.39 is 0 Å². The summed E-state index contributed by atoms with van der Waals surface area (Å²) in [4.78, 5) is 7.55. The number of aromatic nitrogens is 2. The molecule has 4 heteroatoms. The molecule has 0 atom stereocenters. The summed E-state index contributed by atoms with van der Waals surface area (Å²) in [6, 6.07) is 3.46. The molecule has 1 aromatic heterocycles. The fourth-order valence-electron chi connectivity index (χ4n) is 0.703. The third-order valence-corrected chi connectivity index (χ3v) is 1.09. The van der Waals surface area contributed by atoms with Gasteiger partial charge in [0.1, 0.15) is 6.07 Å². The van der Waals surface area contributed by atoms with Gasteiger partial charge in [-0.3, -0.25) is 0 Å². The highest BCUT2D eigenvalue weighted by Crippen LogP contribution is 2.06. The molecule has 1 heterocycles. The van der Waals surface area contributed by atoms with E-state index in [9.17, 15) is 0 Å². The van der Waals surface area contributed by atoms with E-state index >= 15 is 0 Å². The van der Waals surface area contributed by atoms with Crippen LogP contribution in [0.2, 0.25) is 0 Å². The number of hydrogen-bond acceptors (Lipinski definition) is 4. The summed E-state index contributed by atoms with van der Waals surface area (Å²) in [6.07, 6.45) is 1.56. The number of nitrogens with zero attached hydrogens (tertiary/aromatic N) is 3. The second-order valence-corrected chi connectivity index (χ2v) is 2.50. The van der Waals surface area contributed by atoms with E-state index in [1.165, 1.54) is 6.20 Å². The molecule has 0 N–H and O–H groups in total. The zero-order chi connectivity index (χ0) is 8.97. The normalized spacial score (nSPS) is 9.50. The molecule has 0 aliphatic rings. The highest BCUT2D eigenvalue weighted by Gasteiger charge is 2.00. The first-order valence-corrected chi connectivity index (χ1v) is 3.62. The highest BCUT2D eigenvalue weighted by atomic mass is 16.5. The molecule has 0 aromatic carbocycles. The van der Waals surface area contributed by atoms with Crippen molar-refractivity contribution in [1.29, 1.82) is 5.26 Å². The molecule has 0 aliphatic carbocycles. The third-order valence-electron chi connectivity index (χ3n) is 1.09.